The van der Waals surface area contributed by atoms with Gasteiger partial charge in [-0.15, -0.1) is 5.10 Å². The molecule has 0 aliphatic heterocycles. The van der Waals surface area contributed by atoms with Crippen LogP contribution in [0.15, 0.2) is 0 Å². The molecule has 3 rings (SSSR count). The van der Waals surface area contributed by atoms with E-state index in [2.05, 4.69) is 42.7 Å². The van der Waals surface area contributed by atoms with Crippen molar-refractivity contribution in [2.75, 3.05) is 0 Å². The van der Waals surface area contributed by atoms with Crippen LogP contribution < -0.4 is 0 Å². The van der Waals surface area contributed by atoms with Gasteiger partial charge in [-0.05, 0) is 63.2 Å². The van der Waals surface area contributed by atoms with E-state index in [0.29, 0.717) is 6.04 Å². The highest BCUT2D eigenvalue weighted by atomic mass is 15.4. The molecule has 2 unspecified atom stereocenters. The van der Waals surface area contributed by atoms with Gasteiger partial charge in [-0.1, -0.05) is 25.5 Å². The lowest BCUT2D eigenvalue weighted by molar-refractivity contribution is 0.435. The van der Waals surface area contributed by atoms with E-state index in [9.17, 15) is 0 Å². The molecule has 4 atom stereocenters. The molecule has 0 amide bonds. The van der Waals surface area contributed by atoms with Crippen molar-refractivity contribution in [3.05, 3.63) is 11.4 Å². The van der Waals surface area contributed by atoms with Crippen LogP contribution in [0.3, 0.4) is 0 Å². The van der Waals surface area contributed by atoms with Crippen LogP contribution in [-0.4, -0.2) is 15.0 Å². The molecule has 0 spiro atoms. The van der Waals surface area contributed by atoms with Crippen molar-refractivity contribution >= 4 is 0 Å². The normalized spacial score (nSPS) is 31.3. The van der Waals surface area contributed by atoms with Gasteiger partial charge in [-0.3, -0.25) is 0 Å². The third-order valence-electron chi connectivity index (χ3n) is 5.49. The Bertz CT molecular complexity index is 449. The van der Waals surface area contributed by atoms with Gasteiger partial charge in [0.05, 0.1) is 11.4 Å². The highest BCUT2D eigenvalue weighted by Gasteiger charge is 2.51. The number of aromatic nitrogens is 3. The second-order valence-corrected chi connectivity index (χ2v) is 6.89. The number of hydrogen-bond donors (Lipinski definition) is 0. The maximum Gasteiger partial charge on any atom is 0.0859 e. The molecular formula is C16H27N3. The average molecular weight is 261 g/mol. The molecule has 0 N–H and O–H groups in total. The largest absolute Gasteiger partial charge is 0.247 e. The lowest BCUT2D eigenvalue weighted by atomic mass is 9.99. The van der Waals surface area contributed by atoms with Crippen LogP contribution in [0.4, 0.5) is 0 Å². The van der Waals surface area contributed by atoms with E-state index in [1.807, 2.05) is 0 Å². The Labute approximate surface area is 116 Å². The molecule has 3 heteroatoms. The van der Waals surface area contributed by atoms with Crippen molar-refractivity contribution in [3.8, 4) is 0 Å². The summed E-state index contributed by atoms with van der Waals surface area (Å²) in [5.41, 5.74) is 2.70. The smallest absolute Gasteiger partial charge is 0.0859 e. The fraction of sp³-hybridized carbons (Fsp3) is 0.875. The third-order valence-corrected chi connectivity index (χ3v) is 5.49. The van der Waals surface area contributed by atoms with Crippen LogP contribution in [0.25, 0.3) is 0 Å². The minimum Gasteiger partial charge on any atom is -0.247 e. The van der Waals surface area contributed by atoms with Crippen molar-refractivity contribution < 1.29 is 0 Å². The minimum atomic E-state index is 0.441. The first-order chi connectivity index (χ1) is 9.13. The summed E-state index contributed by atoms with van der Waals surface area (Å²) in [4.78, 5) is 0. The van der Waals surface area contributed by atoms with E-state index in [0.717, 1.165) is 30.1 Å². The van der Waals surface area contributed by atoms with Gasteiger partial charge in [0.15, 0.2) is 0 Å². The summed E-state index contributed by atoms with van der Waals surface area (Å²) in [7, 11) is 0. The Hall–Kier alpha value is -0.860. The number of nitrogens with zero attached hydrogens (tertiary/aromatic N) is 3. The van der Waals surface area contributed by atoms with E-state index < -0.39 is 0 Å². The summed E-state index contributed by atoms with van der Waals surface area (Å²) in [6.45, 7) is 9.19. The summed E-state index contributed by atoms with van der Waals surface area (Å²) in [5, 5.41) is 8.79. The summed E-state index contributed by atoms with van der Waals surface area (Å²) >= 11 is 0. The maximum atomic E-state index is 4.44. The molecule has 2 aliphatic carbocycles. The highest BCUT2D eigenvalue weighted by Crippen LogP contribution is 2.57. The van der Waals surface area contributed by atoms with Crippen LogP contribution in [-0.2, 0) is 12.8 Å². The lowest BCUT2D eigenvalue weighted by Gasteiger charge is -2.12. The Morgan fingerprint density at radius 3 is 2.47 bits per heavy atom. The number of rotatable bonds is 3. The Morgan fingerprint density at radius 2 is 1.84 bits per heavy atom. The molecule has 0 saturated heterocycles. The van der Waals surface area contributed by atoms with Crippen LogP contribution in [0, 0.1) is 23.7 Å². The number of fused-ring (bicyclic) bond motifs is 2. The quantitative estimate of drug-likeness (QED) is 0.831. The lowest BCUT2D eigenvalue weighted by Crippen LogP contribution is -2.10. The van der Waals surface area contributed by atoms with Gasteiger partial charge in [0, 0.05) is 6.04 Å². The molecule has 1 aromatic rings. The molecule has 3 nitrogen and oxygen atoms in total. The SMILES string of the molecule is CCC(C)C1[C@H]2CCc3c(nnn3C(C)C)CC[C@@H]12. The van der Waals surface area contributed by atoms with E-state index in [1.54, 1.807) is 0 Å². The van der Waals surface area contributed by atoms with E-state index in [4.69, 9.17) is 0 Å². The predicted molar refractivity (Wildman–Crippen MR) is 77.0 cm³/mol. The fourth-order valence-corrected chi connectivity index (χ4v) is 4.22. The van der Waals surface area contributed by atoms with Gasteiger partial charge >= 0.3 is 0 Å². The molecule has 19 heavy (non-hydrogen) atoms. The topological polar surface area (TPSA) is 30.7 Å². The molecule has 0 radical (unpaired) electrons. The maximum absolute atomic E-state index is 4.44. The zero-order valence-corrected chi connectivity index (χ0v) is 12.8. The highest BCUT2D eigenvalue weighted by molar-refractivity contribution is 5.16. The van der Waals surface area contributed by atoms with Crippen LogP contribution in [0.1, 0.15) is 64.4 Å². The van der Waals surface area contributed by atoms with Crippen molar-refractivity contribution in [3.63, 3.8) is 0 Å². The van der Waals surface area contributed by atoms with Crippen molar-refractivity contribution in [2.45, 2.75) is 65.8 Å². The van der Waals surface area contributed by atoms with Gasteiger partial charge in [-0.25, -0.2) is 4.68 Å². The molecular weight excluding hydrogens is 234 g/mol. The van der Waals surface area contributed by atoms with E-state index >= 15 is 0 Å². The van der Waals surface area contributed by atoms with Crippen LogP contribution >= 0.6 is 0 Å². The number of hydrogen-bond acceptors (Lipinski definition) is 2. The predicted octanol–water partition coefficient (Wildman–Crippen LogP) is 3.65. The fourth-order valence-electron chi connectivity index (χ4n) is 4.22. The zero-order valence-electron chi connectivity index (χ0n) is 12.8. The van der Waals surface area contributed by atoms with Crippen molar-refractivity contribution in [2.24, 2.45) is 23.7 Å². The molecule has 1 heterocycles. The number of aryl methyl sites for hydroxylation is 1. The second kappa shape index (κ2) is 4.92. The Morgan fingerprint density at radius 1 is 1.16 bits per heavy atom. The Kier molecular flexibility index (Phi) is 3.40. The molecule has 106 valence electrons. The van der Waals surface area contributed by atoms with Crippen molar-refractivity contribution in [1.29, 1.82) is 0 Å². The second-order valence-electron chi connectivity index (χ2n) is 6.89. The third kappa shape index (κ3) is 2.21. The van der Waals surface area contributed by atoms with Crippen molar-refractivity contribution in [1.82, 2.24) is 15.0 Å². The molecule has 1 fully saturated rings. The molecule has 1 aromatic heterocycles. The molecule has 0 aromatic carbocycles. The first-order valence-corrected chi connectivity index (χ1v) is 8.06. The van der Waals surface area contributed by atoms with Gasteiger partial charge < -0.3 is 0 Å². The summed E-state index contributed by atoms with van der Waals surface area (Å²) in [6.07, 6.45) is 6.36. The van der Waals surface area contributed by atoms with Gasteiger partial charge in [0.25, 0.3) is 0 Å². The molecule has 2 aliphatic rings. The summed E-state index contributed by atoms with van der Waals surface area (Å²) < 4.78 is 2.15. The summed E-state index contributed by atoms with van der Waals surface area (Å²) in [6, 6.07) is 0.441. The van der Waals surface area contributed by atoms with Gasteiger partial charge in [0.1, 0.15) is 0 Å². The van der Waals surface area contributed by atoms with E-state index in [1.165, 1.54) is 37.1 Å². The van der Waals surface area contributed by atoms with Gasteiger partial charge in [0.2, 0.25) is 0 Å². The van der Waals surface area contributed by atoms with Gasteiger partial charge in [-0.2, -0.15) is 0 Å². The average Bonchev–Trinajstić information content (AvgIpc) is 2.89. The first kappa shape index (κ1) is 13.1. The van der Waals surface area contributed by atoms with E-state index in [-0.39, 0.29) is 0 Å². The summed E-state index contributed by atoms with van der Waals surface area (Å²) in [5.74, 6) is 3.87. The molecule has 0 bridgehead atoms. The standard InChI is InChI=1S/C16H27N3/c1-5-11(4)16-12-6-8-14-15(9-7-13(12)16)19(10(2)3)18-17-14/h10-13,16H,5-9H2,1-4H3/t11?,12-,13+,16?/m1/s1. The minimum absolute atomic E-state index is 0.441. The zero-order chi connectivity index (χ0) is 13.6. The van der Waals surface area contributed by atoms with Crippen LogP contribution in [0.2, 0.25) is 0 Å². The molecule has 1 saturated carbocycles. The van der Waals surface area contributed by atoms with Crippen LogP contribution in [0.5, 0.6) is 0 Å². The Balaban J connectivity index is 1.75. The first-order valence-electron chi connectivity index (χ1n) is 8.06. The monoisotopic (exact) mass is 261 g/mol.